The standard InChI is InChI=1S/C14H14N6O/c1-19-8-4-7-12(19)14(21)15-11-6-3-5-10(9-11)13-16-17-18-20(13)2/h3-9H,1-2H3,(H,15,21). The molecule has 0 fully saturated rings. The highest BCUT2D eigenvalue weighted by Gasteiger charge is 2.11. The minimum Gasteiger partial charge on any atom is -0.347 e. The van der Waals surface area contributed by atoms with Gasteiger partial charge in [0.05, 0.1) is 0 Å². The molecule has 0 aliphatic carbocycles. The van der Waals surface area contributed by atoms with Crippen LogP contribution in [-0.4, -0.2) is 30.7 Å². The molecule has 7 heteroatoms. The summed E-state index contributed by atoms with van der Waals surface area (Å²) in [4.78, 5) is 12.2. The van der Waals surface area contributed by atoms with Gasteiger partial charge in [0.2, 0.25) is 0 Å². The molecule has 1 aromatic carbocycles. The molecule has 0 unspecified atom stereocenters. The maximum Gasteiger partial charge on any atom is 0.272 e. The van der Waals surface area contributed by atoms with Gasteiger partial charge in [0.1, 0.15) is 5.69 Å². The number of aryl methyl sites for hydroxylation is 2. The molecule has 2 heterocycles. The Hall–Kier alpha value is -2.96. The van der Waals surface area contributed by atoms with Crippen LogP contribution in [0.3, 0.4) is 0 Å². The number of aromatic nitrogens is 5. The lowest BCUT2D eigenvalue weighted by Crippen LogP contribution is -2.15. The van der Waals surface area contributed by atoms with E-state index in [-0.39, 0.29) is 5.91 Å². The highest BCUT2D eigenvalue weighted by Crippen LogP contribution is 2.20. The second-order valence-electron chi connectivity index (χ2n) is 4.67. The van der Waals surface area contributed by atoms with E-state index in [0.29, 0.717) is 17.2 Å². The molecule has 1 amide bonds. The molecule has 0 saturated heterocycles. The summed E-state index contributed by atoms with van der Waals surface area (Å²) in [5, 5.41) is 14.2. The minimum absolute atomic E-state index is 0.157. The number of tetrazole rings is 1. The molecule has 0 saturated carbocycles. The molecule has 3 aromatic rings. The topological polar surface area (TPSA) is 77.6 Å². The number of benzene rings is 1. The third kappa shape index (κ3) is 2.53. The Kier molecular flexibility index (Phi) is 3.23. The Bertz CT molecular complexity index is 788. The third-order valence-corrected chi connectivity index (χ3v) is 3.18. The number of carbonyl (C=O) groups is 1. The van der Waals surface area contributed by atoms with Crippen molar-refractivity contribution in [2.75, 3.05) is 5.32 Å². The van der Waals surface area contributed by atoms with Crippen LogP contribution in [0.2, 0.25) is 0 Å². The van der Waals surface area contributed by atoms with Crippen molar-refractivity contribution in [2.24, 2.45) is 14.1 Å². The largest absolute Gasteiger partial charge is 0.347 e. The SMILES string of the molecule is Cn1cccc1C(=O)Nc1cccc(-c2nnnn2C)c1. The van der Waals surface area contributed by atoms with Crippen LogP contribution in [0.25, 0.3) is 11.4 Å². The number of nitrogens with one attached hydrogen (secondary N) is 1. The predicted octanol–water partition coefficient (Wildman–Crippen LogP) is 1.47. The number of anilines is 1. The molecule has 3 rings (SSSR count). The van der Waals surface area contributed by atoms with Crippen LogP contribution in [0, 0.1) is 0 Å². The molecule has 7 nitrogen and oxygen atoms in total. The van der Waals surface area contributed by atoms with Gasteiger partial charge in [-0.25, -0.2) is 4.68 Å². The summed E-state index contributed by atoms with van der Waals surface area (Å²) in [6.07, 6.45) is 1.83. The normalized spacial score (nSPS) is 10.6. The zero-order valence-corrected chi connectivity index (χ0v) is 11.7. The van der Waals surface area contributed by atoms with Gasteiger partial charge in [-0.2, -0.15) is 0 Å². The molecule has 0 radical (unpaired) electrons. The summed E-state index contributed by atoms with van der Waals surface area (Å²) in [5.41, 5.74) is 2.13. The van der Waals surface area contributed by atoms with Crippen molar-refractivity contribution in [3.8, 4) is 11.4 Å². The molecule has 21 heavy (non-hydrogen) atoms. The van der Waals surface area contributed by atoms with E-state index in [4.69, 9.17) is 0 Å². The first-order chi connectivity index (χ1) is 10.1. The fourth-order valence-corrected chi connectivity index (χ4v) is 2.10. The monoisotopic (exact) mass is 282 g/mol. The van der Waals surface area contributed by atoms with E-state index < -0.39 is 0 Å². The molecule has 1 N–H and O–H groups in total. The van der Waals surface area contributed by atoms with E-state index >= 15 is 0 Å². The van der Waals surface area contributed by atoms with Crippen molar-refractivity contribution in [2.45, 2.75) is 0 Å². The molecule has 2 aromatic heterocycles. The van der Waals surface area contributed by atoms with Crippen LogP contribution in [0.1, 0.15) is 10.5 Å². The third-order valence-electron chi connectivity index (χ3n) is 3.18. The smallest absolute Gasteiger partial charge is 0.272 e. The lowest BCUT2D eigenvalue weighted by molar-refractivity contribution is 0.101. The molecule has 0 spiro atoms. The number of hydrogen-bond donors (Lipinski definition) is 1. The second kappa shape index (κ2) is 5.20. The molecule has 106 valence electrons. The molecule has 0 atom stereocenters. The highest BCUT2D eigenvalue weighted by atomic mass is 16.1. The van der Waals surface area contributed by atoms with Crippen LogP contribution in [0.4, 0.5) is 5.69 Å². The van der Waals surface area contributed by atoms with E-state index in [1.807, 2.05) is 43.6 Å². The Balaban J connectivity index is 1.86. The van der Waals surface area contributed by atoms with Crippen molar-refractivity contribution in [1.29, 1.82) is 0 Å². The van der Waals surface area contributed by atoms with Gasteiger partial charge in [-0.05, 0) is 34.7 Å². The quantitative estimate of drug-likeness (QED) is 0.789. The number of nitrogens with zero attached hydrogens (tertiary/aromatic N) is 5. The van der Waals surface area contributed by atoms with Crippen LogP contribution in [0.15, 0.2) is 42.6 Å². The first kappa shape index (κ1) is 13.0. The predicted molar refractivity (Wildman–Crippen MR) is 77.6 cm³/mol. The van der Waals surface area contributed by atoms with Gasteiger partial charge in [0, 0.05) is 31.5 Å². The average molecular weight is 282 g/mol. The lowest BCUT2D eigenvalue weighted by atomic mass is 10.2. The van der Waals surface area contributed by atoms with E-state index in [9.17, 15) is 4.79 Å². The van der Waals surface area contributed by atoms with Crippen molar-refractivity contribution in [3.63, 3.8) is 0 Å². The van der Waals surface area contributed by atoms with Crippen molar-refractivity contribution in [3.05, 3.63) is 48.3 Å². The highest BCUT2D eigenvalue weighted by molar-refractivity contribution is 6.03. The molecule has 0 aliphatic heterocycles. The Morgan fingerprint density at radius 2 is 2.05 bits per heavy atom. The summed E-state index contributed by atoms with van der Waals surface area (Å²) in [7, 11) is 3.60. The summed E-state index contributed by atoms with van der Waals surface area (Å²) < 4.78 is 3.35. The number of rotatable bonds is 3. The van der Waals surface area contributed by atoms with E-state index in [1.165, 1.54) is 0 Å². The van der Waals surface area contributed by atoms with Crippen molar-refractivity contribution in [1.82, 2.24) is 24.8 Å². The van der Waals surface area contributed by atoms with Crippen LogP contribution in [-0.2, 0) is 14.1 Å². The van der Waals surface area contributed by atoms with Gasteiger partial charge in [-0.15, -0.1) is 5.10 Å². The van der Waals surface area contributed by atoms with Gasteiger partial charge < -0.3 is 9.88 Å². The Morgan fingerprint density at radius 3 is 2.71 bits per heavy atom. The second-order valence-corrected chi connectivity index (χ2v) is 4.67. The van der Waals surface area contributed by atoms with Crippen LogP contribution < -0.4 is 5.32 Å². The number of hydrogen-bond acceptors (Lipinski definition) is 4. The molecular formula is C14H14N6O. The summed E-state index contributed by atoms with van der Waals surface area (Å²) >= 11 is 0. The van der Waals surface area contributed by atoms with Crippen LogP contribution in [0.5, 0.6) is 0 Å². The van der Waals surface area contributed by atoms with Crippen LogP contribution >= 0.6 is 0 Å². The number of amides is 1. The summed E-state index contributed by atoms with van der Waals surface area (Å²) in [6, 6.07) is 11.0. The van der Waals surface area contributed by atoms with Gasteiger partial charge >= 0.3 is 0 Å². The average Bonchev–Trinajstić information content (AvgIpc) is 3.07. The lowest BCUT2D eigenvalue weighted by Gasteiger charge is -2.07. The minimum atomic E-state index is -0.157. The summed E-state index contributed by atoms with van der Waals surface area (Å²) in [5.74, 6) is 0.487. The van der Waals surface area contributed by atoms with E-state index in [2.05, 4.69) is 20.8 Å². The van der Waals surface area contributed by atoms with E-state index in [1.54, 1.807) is 22.4 Å². The summed E-state index contributed by atoms with van der Waals surface area (Å²) in [6.45, 7) is 0. The van der Waals surface area contributed by atoms with Gasteiger partial charge in [-0.1, -0.05) is 12.1 Å². The molecule has 0 aliphatic rings. The Labute approximate surface area is 121 Å². The van der Waals surface area contributed by atoms with Crippen molar-refractivity contribution < 1.29 is 4.79 Å². The van der Waals surface area contributed by atoms with Gasteiger partial charge in [0.25, 0.3) is 5.91 Å². The Morgan fingerprint density at radius 1 is 1.19 bits per heavy atom. The van der Waals surface area contributed by atoms with Gasteiger partial charge in [-0.3, -0.25) is 4.79 Å². The maximum atomic E-state index is 12.2. The fourth-order valence-electron chi connectivity index (χ4n) is 2.10. The first-order valence-corrected chi connectivity index (χ1v) is 6.40. The van der Waals surface area contributed by atoms with Crippen molar-refractivity contribution >= 4 is 11.6 Å². The first-order valence-electron chi connectivity index (χ1n) is 6.40. The van der Waals surface area contributed by atoms with Gasteiger partial charge in [0.15, 0.2) is 5.82 Å². The van der Waals surface area contributed by atoms with E-state index in [0.717, 1.165) is 5.56 Å². The number of carbonyl (C=O) groups excluding carboxylic acids is 1. The molecule has 0 bridgehead atoms. The maximum absolute atomic E-state index is 12.2. The zero-order chi connectivity index (χ0) is 14.8. The zero-order valence-electron chi connectivity index (χ0n) is 11.7. The fraction of sp³-hybridized carbons (Fsp3) is 0.143. The molecular weight excluding hydrogens is 268 g/mol.